The van der Waals surface area contributed by atoms with Crippen molar-refractivity contribution in [1.82, 2.24) is 0 Å². The third-order valence-corrected chi connectivity index (χ3v) is 17.8. The predicted octanol–water partition coefficient (Wildman–Crippen LogP) is 4.50. The minimum atomic E-state index is -2.61. The molecule has 1 amide bonds. The second-order valence-electron chi connectivity index (χ2n) is 4.96. The van der Waals surface area contributed by atoms with Gasteiger partial charge in [0.05, 0.1) is 0 Å². The van der Waals surface area contributed by atoms with Gasteiger partial charge in [0.15, 0.2) is 0 Å². The van der Waals surface area contributed by atoms with Gasteiger partial charge in [-0.3, -0.25) is 0 Å². The van der Waals surface area contributed by atoms with Crippen LogP contribution in [0.15, 0.2) is 0 Å². The van der Waals surface area contributed by atoms with E-state index < -0.39 is 18.4 Å². The van der Waals surface area contributed by atoms with Gasteiger partial charge in [0.2, 0.25) is 0 Å². The van der Waals surface area contributed by atoms with Crippen molar-refractivity contribution in [3.8, 4) is 0 Å². The molecule has 2 nitrogen and oxygen atoms in total. The van der Waals surface area contributed by atoms with Crippen molar-refractivity contribution >= 4 is 22.3 Å². The average Bonchev–Trinajstić information content (AvgIpc) is 2.28. The fourth-order valence-electron chi connectivity index (χ4n) is 2.29. The van der Waals surface area contributed by atoms with E-state index in [0.717, 1.165) is 0 Å². The molecule has 0 unspecified atom stereocenters. The second-order valence-corrected chi connectivity index (χ2v) is 18.0. The molecule has 0 aliphatic heterocycles. The zero-order chi connectivity index (χ0) is 12.4. The molecule has 0 aromatic carbocycles. The third kappa shape index (κ3) is 5.55. The minimum absolute atomic E-state index is 0.143. The summed E-state index contributed by atoms with van der Waals surface area (Å²) in [5.41, 5.74) is 5.75. The Balaban J connectivity index is 4.52. The van der Waals surface area contributed by atoms with Crippen LogP contribution in [-0.4, -0.2) is 22.3 Å². The number of rotatable bonds is 10. The van der Waals surface area contributed by atoms with Crippen LogP contribution in [0, 0.1) is 0 Å². The first kappa shape index (κ1) is 16.3. The molecule has 0 fully saturated rings. The number of hydrogen-bond acceptors (Lipinski definition) is 1. The first-order valence-corrected chi connectivity index (χ1v) is 14.4. The third-order valence-electron chi connectivity index (χ3n) is 3.55. The van der Waals surface area contributed by atoms with Crippen LogP contribution in [0.2, 0.25) is 13.3 Å². The molecular weight excluding hydrogens is 305 g/mol. The Labute approximate surface area is 105 Å². The molecule has 0 aromatic rings. The van der Waals surface area contributed by atoms with Crippen molar-refractivity contribution in [2.24, 2.45) is 5.73 Å². The molecule has 0 rings (SSSR count). The van der Waals surface area contributed by atoms with Gasteiger partial charge in [-0.05, 0) is 0 Å². The van der Waals surface area contributed by atoms with Gasteiger partial charge < -0.3 is 0 Å². The van der Waals surface area contributed by atoms with Crippen LogP contribution in [0.5, 0.6) is 0 Å². The topological polar surface area (TPSA) is 43.1 Å². The summed E-state index contributed by atoms with van der Waals surface area (Å²) in [5.74, 6) is 0. The Morgan fingerprint density at radius 2 is 1.19 bits per heavy atom. The molecule has 0 saturated heterocycles. The molecule has 0 aliphatic carbocycles. The van der Waals surface area contributed by atoms with Gasteiger partial charge in [0.25, 0.3) is 0 Å². The van der Waals surface area contributed by atoms with E-state index >= 15 is 0 Å². The molecule has 0 atom stereocenters. The molecule has 3 heteroatoms. The molecule has 0 bridgehead atoms. The SMILES string of the molecule is CCC[CH2][Sn]([CH2]CCC)([CH2]CCC)[C](N)=O. The van der Waals surface area contributed by atoms with Crippen molar-refractivity contribution in [1.29, 1.82) is 0 Å². The first-order chi connectivity index (χ1) is 7.63. The molecule has 0 radical (unpaired) electrons. The molecule has 0 spiro atoms. The maximum atomic E-state index is 11.9. The fourth-order valence-corrected chi connectivity index (χ4v) is 15.4. The van der Waals surface area contributed by atoms with Gasteiger partial charge in [0, 0.05) is 0 Å². The van der Waals surface area contributed by atoms with E-state index in [0.29, 0.717) is 0 Å². The van der Waals surface area contributed by atoms with Gasteiger partial charge in [-0.1, -0.05) is 0 Å². The molecule has 96 valence electrons. The summed E-state index contributed by atoms with van der Waals surface area (Å²) in [7, 11) is 0. The van der Waals surface area contributed by atoms with Crippen LogP contribution < -0.4 is 5.73 Å². The van der Waals surface area contributed by atoms with Gasteiger partial charge >= 0.3 is 105 Å². The summed E-state index contributed by atoms with van der Waals surface area (Å²) in [6, 6.07) is 0. The summed E-state index contributed by atoms with van der Waals surface area (Å²) in [6.07, 6.45) is 7.24. The summed E-state index contributed by atoms with van der Waals surface area (Å²) in [4.78, 5) is 11.9. The number of carbonyl (C=O) groups is 1. The van der Waals surface area contributed by atoms with Crippen LogP contribution in [0.25, 0.3) is 0 Å². The van der Waals surface area contributed by atoms with Crippen molar-refractivity contribution in [3.63, 3.8) is 0 Å². The standard InChI is InChI=1S/3C4H9.CH2NO.Sn/c3*1-3-4-2;2-1-3;/h3*1,3-4H2,2H3;(H2,2,3);. The van der Waals surface area contributed by atoms with Crippen molar-refractivity contribution < 1.29 is 4.79 Å². The van der Waals surface area contributed by atoms with Crippen molar-refractivity contribution in [2.45, 2.75) is 72.6 Å². The summed E-state index contributed by atoms with van der Waals surface area (Å²) in [5, 5.41) is 0. The molecule has 0 heterocycles. The number of hydrogen-bond donors (Lipinski definition) is 1. The van der Waals surface area contributed by atoms with E-state index in [9.17, 15) is 4.79 Å². The van der Waals surface area contributed by atoms with E-state index in [1.165, 1.54) is 51.8 Å². The van der Waals surface area contributed by atoms with E-state index in [4.69, 9.17) is 5.73 Å². The molecule has 0 aliphatic rings. The Morgan fingerprint density at radius 3 is 1.38 bits per heavy atom. The fraction of sp³-hybridized carbons (Fsp3) is 0.923. The average molecular weight is 334 g/mol. The molecule has 0 aromatic heterocycles. The van der Waals surface area contributed by atoms with E-state index in [1.54, 1.807) is 0 Å². The zero-order valence-electron chi connectivity index (χ0n) is 11.3. The van der Waals surface area contributed by atoms with Crippen molar-refractivity contribution in [3.05, 3.63) is 0 Å². The normalized spacial score (nSPS) is 11.7. The Hall–Kier alpha value is 0.269. The van der Waals surface area contributed by atoms with Crippen LogP contribution >= 0.6 is 0 Å². The molecule has 2 N–H and O–H groups in total. The number of carbonyl (C=O) groups excluding carboxylic acids is 1. The predicted molar refractivity (Wildman–Crippen MR) is 74.5 cm³/mol. The van der Waals surface area contributed by atoms with E-state index in [2.05, 4.69) is 20.8 Å². The number of primary amides is 1. The van der Waals surface area contributed by atoms with Crippen LogP contribution in [0.3, 0.4) is 0 Å². The quantitative estimate of drug-likeness (QED) is 0.588. The number of unbranched alkanes of at least 4 members (excludes halogenated alkanes) is 3. The van der Waals surface area contributed by atoms with Gasteiger partial charge in [-0.15, -0.1) is 0 Å². The summed E-state index contributed by atoms with van der Waals surface area (Å²) < 4.78 is 3.73. The van der Waals surface area contributed by atoms with Gasteiger partial charge in [-0.2, -0.15) is 0 Å². The molecule has 16 heavy (non-hydrogen) atoms. The first-order valence-electron chi connectivity index (χ1n) is 6.92. The Kier molecular flexibility index (Phi) is 9.47. The van der Waals surface area contributed by atoms with Gasteiger partial charge in [-0.25, -0.2) is 0 Å². The zero-order valence-corrected chi connectivity index (χ0v) is 14.2. The summed E-state index contributed by atoms with van der Waals surface area (Å²) >= 11 is -2.61. The van der Waals surface area contributed by atoms with Crippen molar-refractivity contribution in [2.75, 3.05) is 0 Å². The Morgan fingerprint density at radius 1 is 0.875 bits per heavy atom. The van der Waals surface area contributed by atoms with Crippen LogP contribution in [-0.2, 0) is 0 Å². The van der Waals surface area contributed by atoms with Gasteiger partial charge in [0.1, 0.15) is 0 Å². The van der Waals surface area contributed by atoms with E-state index in [-0.39, 0.29) is 3.92 Å². The molecule has 0 saturated carbocycles. The van der Waals surface area contributed by atoms with Crippen LogP contribution in [0.4, 0.5) is 4.79 Å². The van der Waals surface area contributed by atoms with E-state index in [1.807, 2.05) is 0 Å². The van der Waals surface area contributed by atoms with Crippen LogP contribution in [0.1, 0.15) is 59.3 Å². The number of nitrogens with two attached hydrogens (primary N) is 1. The monoisotopic (exact) mass is 335 g/mol. The Bertz CT molecular complexity index is 173. The molecular formula is C13H29NOSn. The summed E-state index contributed by atoms with van der Waals surface area (Å²) in [6.45, 7) is 6.62. The second kappa shape index (κ2) is 9.31. The number of amides is 1. The maximum absolute atomic E-state index is 11.9.